The summed E-state index contributed by atoms with van der Waals surface area (Å²) in [7, 11) is 0. The van der Waals surface area contributed by atoms with Gasteiger partial charge in [0.15, 0.2) is 0 Å². The van der Waals surface area contributed by atoms with Crippen LogP contribution in [-0.4, -0.2) is 22.5 Å². The topological polar surface area (TPSA) is 92.4 Å². The summed E-state index contributed by atoms with van der Waals surface area (Å²) in [5.74, 6) is -2.27. The Labute approximate surface area is 118 Å². The van der Waals surface area contributed by atoms with E-state index in [2.05, 4.69) is 5.32 Å². The number of benzene rings is 1. The van der Waals surface area contributed by atoms with E-state index in [0.717, 1.165) is 12.1 Å². The normalized spacial score (nSPS) is 12.0. The molecule has 0 aromatic heterocycles. The zero-order chi connectivity index (χ0) is 16.4. The van der Waals surface area contributed by atoms with Gasteiger partial charge in [-0.3, -0.25) is 9.59 Å². The molecule has 0 saturated heterocycles. The van der Waals surface area contributed by atoms with Gasteiger partial charge in [-0.2, -0.15) is 13.2 Å². The SMILES string of the molecule is CC(C)(CC(=O)O)Nc1ccc(C(N)=O)c(C(F)(F)F)c1. The lowest BCUT2D eigenvalue weighted by atomic mass is 9.99. The summed E-state index contributed by atoms with van der Waals surface area (Å²) >= 11 is 0. The van der Waals surface area contributed by atoms with Gasteiger partial charge in [-0.15, -0.1) is 0 Å². The number of carboxylic acids is 1. The third-order valence-electron chi connectivity index (χ3n) is 2.67. The minimum Gasteiger partial charge on any atom is -0.481 e. The van der Waals surface area contributed by atoms with Gasteiger partial charge in [0.25, 0.3) is 0 Å². The first-order chi connectivity index (χ1) is 9.42. The fourth-order valence-corrected chi connectivity index (χ4v) is 1.88. The molecule has 0 saturated carbocycles. The zero-order valence-corrected chi connectivity index (χ0v) is 11.4. The summed E-state index contributed by atoms with van der Waals surface area (Å²) in [6, 6.07) is 2.95. The lowest BCUT2D eigenvalue weighted by Crippen LogP contribution is -2.33. The van der Waals surface area contributed by atoms with E-state index < -0.39 is 34.7 Å². The van der Waals surface area contributed by atoms with Crippen LogP contribution in [0.15, 0.2) is 18.2 Å². The quantitative estimate of drug-likeness (QED) is 0.779. The maximum atomic E-state index is 12.9. The van der Waals surface area contributed by atoms with Crippen LogP contribution in [0.2, 0.25) is 0 Å². The Balaban J connectivity index is 3.17. The molecule has 21 heavy (non-hydrogen) atoms. The van der Waals surface area contributed by atoms with E-state index in [0.29, 0.717) is 0 Å². The molecule has 1 aromatic carbocycles. The van der Waals surface area contributed by atoms with Gasteiger partial charge in [0.2, 0.25) is 5.91 Å². The highest BCUT2D eigenvalue weighted by atomic mass is 19.4. The van der Waals surface area contributed by atoms with Gasteiger partial charge in [-0.1, -0.05) is 0 Å². The molecule has 0 radical (unpaired) electrons. The van der Waals surface area contributed by atoms with Crippen molar-refractivity contribution in [2.45, 2.75) is 32.0 Å². The summed E-state index contributed by atoms with van der Waals surface area (Å²) in [5.41, 5.74) is 2.22. The predicted octanol–water partition coefficient (Wildman–Crippen LogP) is 2.47. The van der Waals surface area contributed by atoms with Crippen LogP contribution in [0.1, 0.15) is 36.2 Å². The molecule has 0 spiro atoms. The molecule has 0 atom stereocenters. The van der Waals surface area contributed by atoms with E-state index in [1.54, 1.807) is 0 Å². The van der Waals surface area contributed by atoms with Crippen LogP contribution in [0.25, 0.3) is 0 Å². The number of carboxylic acid groups (broad SMARTS) is 1. The zero-order valence-electron chi connectivity index (χ0n) is 11.4. The first-order valence-corrected chi connectivity index (χ1v) is 5.93. The van der Waals surface area contributed by atoms with E-state index in [1.165, 1.54) is 19.9 Å². The number of nitrogens with one attached hydrogen (secondary N) is 1. The molecular formula is C13H15F3N2O3. The number of nitrogens with two attached hydrogens (primary N) is 1. The number of rotatable bonds is 5. The standard InChI is InChI=1S/C13H15F3N2O3/c1-12(2,6-10(19)20)18-7-3-4-8(11(17)21)9(5-7)13(14,15)16/h3-5,18H,6H2,1-2H3,(H2,17,21)(H,19,20). The number of anilines is 1. The minimum atomic E-state index is -4.74. The first-order valence-electron chi connectivity index (χ1n) is 5.93. The number of alkyl halides is 3. The number of carbonyl (C=O) groups is 2. The number of primary amides is 1. The van der Waals surface area contributed by atoms with Gasteiger partial charge in [-0.05, 0) is 32.0 Å². The average molecular weight is 304 g/mol. The highest BCUT2D eigenvalue weighted by Gasteiger charge is 2.35. The third kappa shape index (κ3) is 4.66. The molecule has 1 rings (SSSR count). The molecular weight excluding hydrogens is 289 g/mol. The molecule has 8 heteroatoms. The lowest BCUT2D eigenvalue weighted by molar-refractivity contribution is -0.139. The van der Waals surface area contributed by atoms with Gasteiger partial charge in [0, 0.05) is 11.2 Å². The maximum Gasteiger partial charge on any atom is 0.417 e. The van der Waals surface area contributed by atoms with Crippen molar-refractivity contribution in [2.24, 2.45) is 5.73 Å². The first kappa shape index (κ1) is 16.8. The predicted molar refractivity (Wildman–Crippen MR) is 69.9 cm³/mol. The molecule has 1 amide bonds. The van der Waals surface area contributed by atoms with Crippen LogP contribution in [-0.2, 0) is 11.0 Å². The molecule has 0 heterocycles. The van der Waals surface area contributed by atoms with Gasteiger partial charge < -0.3 is 16.2 Å². The Morgan fingerprint density at radius 3 is 2.29 bits per heavy atom. The number of hydrogen-bond donors (Lipinski definition) is 3. The van der Waals surface area contributed by atoms with Crippen LogP contribution in [0, 0.1) is 0 Å². The van der Waals surface area contributed by atoms with Crippen molar-refractivity contribution in [3.8, 4) is 0 Å². The molecule has 0 bridgehead atoms. The van der Waals surface area contributed by atoms with E-state index in [-0.39, 0.29) is 12.1 Å². The third-order valence-corrected chi connectivity index (χ3v) is 2.67. The summed E-state index contributed by atoms with van der Waals surface area (Å²) in [6.45, 7) is 3.08. The fraction of sp³-hybridized carbons (Fsp3) is 0.385. The number of carbonyl (C=O) groups excluding carboxylic acids is 1. The Kier molecular flexibility index (Phi) is 4.50. The van der Waals surface area contributed by atoms with E-state index >= 15 is 0 Å². The van der Waals surface area contributed by atoms with Gasteiger partial charge in [0.1, 0.15) is 0 Å². The summed E-state index contributed by atoms with van der Waals surface area (Å²) in [4.78, 5) is 21.7. The number of aliphatic carboxylic acids is 1. The molecule has 1 aromatic rings. The lowest BCUT2D eigenvalue weighted by Gasteiger charge is -2.26. The van der Waals surface area contributed by atoms with Crippen molar-refractivity contribution in [1.82, 2.24) is 0 Å². The number of amides is 1. The Morgan fingerprint density at radius 2 is 1.86 bits per heavy atom. The summed E-state index contributed by atoms with van der Waals surface area (Å²) < 4.78 is 38.7. The van der Waals surface area contributed by atoms with Crippen molar-refractivity contribution in [1.29, 1.82) is 0 Å². The van der Waals surface area contributed by atoms with E-state index in [1.807, 2.05) is 0 Å². The second-order valence-corrected chi connectivity index (χ2v) is 5.20. The second-order valence-electron chi connectivity index (χ2n) is 5.20. The molecule has 0 fully saturated rings. The highest BCUT2D eigenvalue weighted by Crippen LogP contribution is 2.34. The highest BCUT2D eigenvalue weighted by molar-refractivity contribution is 5.95. The van der Waals surface area contributed by atoms with Gasteiger partial charge >= 0.3 is 12.1 Å². The molecule has 0 aliphatic heterocycles. The molecule has 0 aliphatic carbocycles. The van der Waals surface area contributed by atoms with Crippen LogP contribution in [0.5, 0.6) is 0 Å². The van der Waals surface area contributed by atoms with Crippen molar-refractivity contribution < 1.29 is 27.9 Å². The van der Waals surface area contributed by atoms with Crippen molar-refractivity contribution in [3.63, 3.8) is 0 Å². The monoisotopic (exact) mass is 304 g/mol. The number of halogens is 3. The minimum absolute atomic E-state index is 0.0542. The second kappa shape index (κ2) is 5.63. The Hall–Kier alpha value is -2.25. The molecule has 0 unspecified atom stereocenters. The van der Waals surface area contributed by atoms with Crippen LogP contribution < -0.4 is 11.1 Å². The van der Waals surface area contributed by atoms with E-state index in [9.17, 15) is 22.8 Å². The molecule has 0 aliphatic rings. The summed E-state index contributed by atoms with van der Waals surface area (Å²) in [5, 5.41) is 11.4. The molecule has 5 nitrogen and oxygen atoms in total. The van der Waals surface area contributed by atoms with E-state index in [4.69, 9.17) is 10.8 Å². The molecule has 116 valence electrons. The molecule has 4 N–H and O–H groups in total. The Bertz CT molecular complexity index is 568. The fourth-order valence-electron chi connectivity index (χ4n) is 1.88. The maximum absolute atomic E-state index is 12.9. The largest absolute Gasteiger partial charge is 0.481 e. The van der Waals surface area contributed by atoms with Crippen molar-refractivity contribution >= 4 is 17.6 Å². The smallest absolute Gasteiger partial charge is 0.417 e. The van der Waals surface area contributed by atoms with Gasteiger partial charge in [-0.25, -0.2) is 0 Å². The van der Waals surface area contributed by atoms with Crippen molar-refractivity contribution in [2.75, 3.05) is 5.32 Å². The van der Waals surface area contributed by atoms with Crippen LogP contribution in [0.4, 0.5) is 18.9 Å². The van der Waals surface area contributed by atoms with Crippen LogP contribution in [0.3, 0.4) is 0 Å². The van der Waals surface area contributed by atoms with Crippen molar-refractivity contribution in [3.05, 3.63) is 29.3 Å². The average Bonchev–Trinajstić information content (AvgIpc) is 2.24. The summed E-state index contributed by atoms with van der Waals surface area (Å²) in [6.07, 6.45) is -5.02. The van der Waals surface area contributed by atoms with Gasteiger partial charge in [0.05, 0.1) is 17.5 Å². The van der Waals surface area contributed by atoms with Crippen LogP contribution >= 0.6 is 0 Å². The Morgan fingerprint density at radius 1 is 1.29 bits per heavy atom. The number of hydrogen-bond acceptors (Lipinski definition) is 3.